The molecule has 1 aromatic heterocycles. The number of carbonyl (C=O) groups excluding carboxylic acids is 1. The summed E-state index contributed by atoms with van der Waals surface area (Å²) in [5.74, 6) is 1.73. The topological polar surface area (TPSA) is 55.6 Å². The van der Waals surface area contributed by atoms with E-state index in [1.165, 1.54) is 12.1 Å². The lowest BCUT2D eigenvalue weighted by molar-refractivity contribution is -0.107. The lowest BCUT2D eigenvalue weighted by atomic mass is 9.92. The van der Waals surface area contributed by atoms with Crippen LogP contribution in [0.2, 0.25) is 0 Å². The van der Waals surface area contributed by atoms with Gasteiger partial charge in [-0.25, -0.2) is 4.39 Å². The molecule has 0 unspecified atom stereocenters. The van der Waals surface area contributed by atoms with Crippen LogP contribution in [-0.4, -0.2) is 42.6 Å². The monoisotopic (exact) mass is 474 g/mol. The van der Waals surface area contributed by atoms with Crippen LogP contribution in [0.5, 0.6) is 5.75 Å². The molecule has 0 aliphatic carbocycles. The number of halogens is 2. The fourth-order valence-electron chi connectivity index (χ4n) is 4.00. The Morgan fingerprint density at radius 3 is 2.83 bits per heavy atom. The van der Waals surface area contributed by atoms with E-state index in [0.717, 1.165) is 72.1 Å². The lowest BCUT2D eigenvalue weighted by Crippen LogP contribution is -2.34. The van der Waals surface area contributed by atoms with Crippen molar-refractivity contribution in [3.63, 3.8) is 0 Å². The predicted molar refractivity (Wildman–Crippen MR) is 116 cm³/mol. The van der Waals surface area contributed by atoms with Gasteiger partial charge in [0, 0.05) is 30.3 Å². The van der Waals surface area contributed by atoms with Crippen molar-refractivity contribution < 1.29 is 18.4 Å². The normalized spacial score (nSPS) is 15.5. The van der Waals surface area contributed by atoms with E-state index in [9.17, 15) is 9.18 Å². The van der Waals surface area contributed by atoms with Crippen LogP contribution < -0.4 is 4.74 Å². The Kier molecular flexibility index (Phi) is 6.79. The van der Waals surface area contributed by atoms with E-state index < -0.39 is 0 Å². The number of nitrogens with zero attached hydrogens (tertiary/aromatic N) is 2. The zero-order chi connectivity index (χ0) is 20.9. The van der Waals surface area contributed by atoms with E-state index in [1.54, 1.807) is 6.07 Å². The van der Waals surface area contributed by atoms with Crippen LogP contribution in [0.3, 0.4) is 0 Å². The minimum absolute atomic E-state index is 0.289. The van der Waals surface area contributed by atoms with E-state index in [4.69, 9.17) is 9.26 Å². The summed E-state index contributed by atoms with van der Waals surface area (Å²) in [5, 5.41) is 4.94. The third-order valence-corrected chi connectivity index (χ3v) is 6.24. The number of piperidine rings is 1. The first-order valence-corrected chi connectivity index (χ1v) is 11.1. The molecule has 0 radical (unpaired) electrons. The molecule has 1 fully saturated rings. The molecular formula is C23H24BrFN2O3. The molecule has 1 aliphatic heterocycles. The van der Waals surface area contributed by atoms with Crippen LogP contribution >= 0.6 is 15.9 Å². The molecule has 4 rings (SSSR count). The third-order valence-electron chi connectivity index (χ3n) is 5.62. The largest absolute Gasteiger partial charge is 0.492 e. The van der Waals surface area contributed by atoms with E-state index in [-0.39, 0.29) is 5.82 Å². The first kappa shape index (κ1) is 21.0. The quantitative estimate of drug-likeness (QED) is 0.335. The van der Waals surface area contributed by atoms with E-state index in [0.29, 0.717) is 24.5 Å². The van der Waals surface area contributed by atoms with Gasteiger partial charge >= 0.3 is 0 Å². The molecule has 1 aliphatic rings. The number of likely N-dealkylation sites (tertiary alicyclic amines) is 1. The molecule has 0 bridgehead atoms. The van der Waals surface area contributed by atoms with Gasteiger partial charge in [-0.1, -0.05) is 11.2 Å². The third kappa shape index (κ3) is 4.90. The maximum atomic E-state index is 13.4. The smallest absolute Gasteiger partial charge is 0.147 e. The molecule has 0 amide bonds. The van der Waals surface area contributed by atoms with Crippen molar-refractivity contribution in [3.05, 3.63) is 58.0 Å². The Morgan fingerprint density at radius 2 is 2.07 bits per heavy atom. The van der Waals surface area contributed by atoms with Gasteiger partial charge in [0.2, 0.25) is 0 Å². The van der Waals surface area contributed by atoms with Gasteiger partial charge in [0.1, 0.15) is 29.1 Å². The van der Waals surface area contributed by atoms with Crippen LogP contribution in [0.15, 0.2) is 45.4 Å². The Balaban J connectivity index is 1.22. The summed E-state index contributed by atoms with van der Waals surface area (Å²) in [6.45, 7) is 3.62. The van der Waals surface area contributed by atoms with Crippen LogP contribution in [0.4, 0.5) is 4.39 Å². The van der Waals surface area contributed by atoms with E-state index >= 15 is 0 Å². The van der Waals surface area contributed by atoms with Gasteiger partial charge < -0.3 is 19.0 Å². The zero-order valence-corrected chi connectivity index (χ0v) is 18.2. The number of carbonyl (C=O) groups is 1. The first-order chi connectivity index (χ1) is 14.6. The zero-order valence-electron chi connectivity index (χ0n) is 16.7. The van der Waals surface area contributed by atoms with Crippen molar-refractivity contribution in [1.82, 2.24) is 10.1 Å². The summed E-state index contributed by atoms with van der Waals surface area (Å²) < 4.78 is 25.7. The van der Waals surface area contributed by atoms with Gasteiger partial charge in [0.15, 0.2) is 0 Å². The SMILES string of the molecule is O=CCc1ccc(OCCCN2CCC(c3onc4cc(F)ccc34)CC2)c(Br)c1. The first-order valence-electron chi connectivity index (χ1n) is 10.3. The predicted octanol–water partition coefficient (Wildman–Crippen LogP) is 5.12. The van der Waals surface area contributed by atoms with Crippen molar-refractivity contribution >= 4 is 33.1 Å². The minimum atomic E-state index is -0.289. The van der Waals surface area contributed by atoms with Gasteiger partial charge in [0.05, 0.1) is 11.1 Å². The summed E-state index contributed by atoms with van der Waals surface area (Å²) in [6, 6.07) is 10.4. The average molecular weight is 475 g/mol. The second-order valence-electron chi connectivity index (χ2n) is 7.66. The molecule has 7 heteroatoms. The number of hydrogen-bond donors (Lipinski definition) is 0. The molecular weight excluding hydrogens is 451 g/mol. The fraction of sp³-hybridized carbons (Fsp3) is 0.391. The van der Waals surface area contributed by atoms with Gasteiger partial charge in [-0.3, -0.25) is 0 Å². The van der Waals surface area contributed by atoms with E-state index in [2.05, 4.69) is 26.0 Å². The van der Waals surface area contributed by atoms with Crippen molar-refractivity contribution in [2.75, 3.05) is 26.2 Å². The molecule has 3 aromatic rings. The highest BCUT2D eigenvalue weighted by Gasteiger charge is 2.25. The van der Waals surface area contributed by atoms with Crippen LogP contribution in [0, 0.1) is 5.82 Å². The highest BCUT2D eigenvalue weighted by atomic mass is 79.9. The summed E-state index contributed by atoms with van der Waals surface area (Å²) in [5.41, 5.74) is 1.56. The molecule has 158 valence electrons. The second-order valence-corrected chi connectivity index (χ2v) is 8.52. The van der Waals surface area contributed by atoms with Gasteiger partial charge in [0.25, 0.3) is 0 Å². The fourth-order valence-corrected chi connectivity index (χ4v) is 4.54. The van der Waals surface area contributed by atoms with Crippen LogP contribution in [-0.2, 0) is 11.2 Å². The highest BCUT2D eigenvalue weighted by molar-refractivity contribution is 9.10. The summed E-state index contributed by atoms with van der Waals surface area (Å²) in [4.78, 5) is 13.1. The minimum Gasteiger partial charge on any atom is -0.492 e. The summed E-state index contributed by atoms with van der Waals surface area (Å²) >= 11 is 3.51. The number of fused-ring (bicyclic) bond motifs is 1. The maximum absolute atomic E-state index is 13.4. The average Bonchev–Trinajstić information content (AvgIpc) is 3.16. The van der Waals surface area contributed by atoms with Gasteiger partial charge in [-0.15, -0.1) is 0 Å². The van der Waals surface area contributed by atoms with Crippen LogP contribution in [0.25, 0.3) is 10.9 Å². The lowest BCUT2D eigenvalue weighted by Gasteiger charge is -2.30. The maximum Gasteiger partial charge on any atom is 0.147 e. The van der Waals surface area contributed by atoms with Crippen LogP contribution in [0.1, 0.15) is 36.5 Å². The van der Waals surface area contributed by atoms with Crippen molar-refractivity contribution in [2.24, 2.45) is 0 Å². The number of hydrogen-bond acceptors (Lipinski definition) is 5. The number of ether oxygens (including phenoxy) is 1. The molecule has 0 spiro atoms. The van der Waals surface area contributed by atoms with Gasteiger partial charge in [-0.05, 0) is 78.1 Å². The van der Waals surface area contributed by atoms with Crippen molar-refractivity contribution in [2.45, 2.75) is 31.6 Å². The number of rotatable bonds is 8. The highest BCUT2D eigenvalue weighted by Crippen LogP contribution is 2.33. The Labute approximate surface area is 183 Å². The number of benzene rings is 2. The second kappa shape index (κ2) is 9.71. The number of aromatic nitrogens is 1. The van der Waals surface area contributed by atoms with Crippen molar-refractivity contribution in [1.29, 1.82) is 0 Å². The Hall–Kier alpha value is -2.25. The standard InChI is InChI=1S/C23H24BrFN2O3/c24-20-14-16(8-12-28)2-5-22(20)29-13-1-9-27-10-6-17(7-11-27)23-19-4-3-18(25)15-21(19)26-30-23/h2-5,12,14-15,17H,1,6-11,13H2. The molecule has 2 heterocycles. The van der Waals surface area contributed by atoms with Crippen molar-refractivity contribution in [3.8, 4) is 5.75 Å². The molecule has 0 saturated carbocycles. The van der Waals surface area contributed by atoms with E-state index in [1.807, 2.05) is 18.2 Å². The summed E-state index contributed by atoms with van der Waals surface area (Å²) in [6.07, 6.45) is 4.27. The molecule has 30 heavy (non-hydrogen) atoms. The Morgan fingerprint density at radius 1 is 1.23 bits per heavy atom. The molecule has 5 nitrogen and oxygen atoms in total. The molecule has 1 saturated heterocycles. The number of aldehydes is 1. The Bertz CT molecular complexity index is 1010. The molecule has 0 N–H and O–H groups in total. The van der Waals surface area contributed by atoms with Gasteiger partial charge in [-0.2, -0.15) is 0 Å². The molecule has 2 aromatic carbocycles. The summed E-state index contributed by atoms with van der Waals surface area (Å²) in [7, 11) is 0. The molecule has 0 atom stereocenters.